The van der Waals surface area contributed by atoms with Gasteiger partial charge in [-0.05, 0) is 19.9 Å². The van der Waals surface area contributed by atoms with Crippen molar-refractivity contribution in [2.24, 2.45) is 22.9 Å². The van der Waals surface area contributed by atoms with Crippen molar-refractivity contribution in [3.8, 4) is 0 Å². The summed E-state index contributed by atoms with van der Waals surface area (Å²) in [5.41, 5.74) is 24.5. The van der Waals surface area contributed by atoms with Gasteiger partial charge >= 0.3 is 0 Å². The SMILES string of the molecule is CN[C@@H]1[C@@H](O[C@H]2O[C@H](CO)[C@@H](N)[C@H](O)[C@H]2O)OC2C[C@@H](N)[C@@H](O[C@H]3[C@H](OCC(O)CO)[C@@H](O)[C@H](N)C[C@@H]3N)OC2[C@@H]1O. The third kappa shape index (κ3) is 7.06. The lowest BCUT2D eigenvalue weighted by Gasteiger charge is -2.51. The standard InChI is InChI=1S/C24H47N5O13/c1-29-14-17(35)20-11(38-23(14)42-24-18(36)16(34)13(28)12(5-31)39-24)3-10(27)22(41-20)40-19-9(26)2-8(25)15(33)21(19)37-6-7(32)4-30/h7-24,29-36H,2-6,25-28H2,1H3/t7?,8-,9+,10-,11?,12-,13-,14+,15+,16+,17-,18-,19-,20?,21-,22+,23-,24-/m1/s1. The summed E-state index contributed by atoms with van der Waals surface area (Å²) in [4.78, 5) is 0. The van der Waals surface area contributed by atoms with E-state index < -0.39 is 123 Å². The van der Waals surface area contributed by atoms with Gasteiger partial charge in [0.25, 0.3) is 0 Å². The minimum absolute atomic E-state index is 0.127. The summed E-state index contributed by atoms with van der Waals surface area (Å²) >= 11 is 0. The number of fused-ring (bicyclic) bond motifs is 1. The fourth-order valence-electron chi connectivity index (χ4n) is 5.90. The zero-order chi connectivity index (χ0) is 30.9. The van der Waals surface area contributed by atoms with Crippen LogP contribution in [0.4, 0.5) is 0 Å². The zero-order valence-corrected chi connectivity index (χ0v) is 23.3. The van der Waals surface area contributed by atoms with Crippen LogP contribution < -0.4 is 28.3 Å². The molecule has 0 radical (unpaired) electrons. The van der Waals surface area contributed by atoms with Crippen LogP contribution in [0.15, 0.2) is 0 Å². The molecule has 4 fully saturated rings. The van der Waals surface area contributed by atoms with Crippen LogP contribution in [0.3, 0.4) is 0 Å². The maximum Gasteiger partial charge on any atom is 0.189 e. The molecular weight excluding hydrogens is 566 g/mol. The fourth-order valence-corrected chi connectivity index (χ4v) is 5.90. The molecule has 3 unspecified atom stereocenters. The highest BCUT2D eigenvalue weighted by atomic mass is 16.8. The summed E-state index contributed by atoms with van der Waals surface area (Å²) in [6.07, 6.45) is -14.8. The first-order valence-electron chi connectivity index (χ1n) is 14.1. The highest BCUT2D eigenvalue weighted by Crippen LogP contribution is 2.35. The van der Waals surface area contributed by atoms with E-state index in [1.54, 1.807) is 7.05 Å². The van der Waals surface area contributed by atoms with Crippen LogP contribution in [-0.2, 0) is 28.4 Å². The predicted molar refractivity (Wildman–Crippen MR) is 140 cm³/mol. The number of nitrogens with one attached hydrogen (secondary N) is 1. The summed E-state index contributed by atoms with van der Waals surface area (Å²) in [5.74, 6) is 0. The van der Waals surface area contributed by atoms with Crippen LogP contribution in [0.2, 0.25) is 0 Å². The highest BCUT2D eigenvalue weighted by molar-refractivity contribution is 5.02. The van der Waals surface area contributed by atoms with Crippen LogP contribution in [0.5, 0.6) is 0 Å². The van der Waals surface area contributed by atoms with Crippen molar-refractivity contribution >= 4 is 0 Å². The molecular formula is C24H47N5O13. The Morgan fingerprint density at radius 1 is 0.786 bits per heavy atom. The molecule has 18 heteroatoms. The highest BCUT2D eigenvalue weighted by Gasteiger charge is 2.54. The van der Waals surface area contributed by atoms with E-state index in [0.29, 0.717) is 0 Å². The molecule has 0 aromatic rings. The predicted octanol–water partition coefficient (Wildman–Crippen LogP) is -7.57. The van der Waals surface area contributed by atoms with Gasteiger partial charge in [-0.3, -0.25) is 0 Å². The minimum Gasteiger partial charge on any atom is -0.394 e. The molecule has 3 heterocycles. The van der Waals surface area contributed by atoms with Gasteiger partial charge < -0.3 is 92.4 Å². The number of rotatable bonds is 10. The maximum absolute atomic E-state index is 11.3. The molecule has 42 heavy (non-hydrogen) atoms. The molecule has 1 saturated carbocycles. The second-order valence-corrected chi connectivity index (χ2v) is 11.4. The smallest absolute Gasteiger partial charge is 0.189 e. The Hall–Kier alpha value is -0.720. The maximum atomic E-state index is 11.3. The Bertz CT molecular complexity index is 851. The fraction of sp³-hybridized carbons (Fsp3) is 1.00. The van der Waals surface area contributed by atoms with E-state index in [2.05, 4.69) is 5.32 Å². The third-order valence-corrected chi connectivity index (χ3v) is 8.41. The number of ether oxygens (including phenoxy) is 6. The van der Waals surface area contributed by atoms with Gasteiger partial charge in [-0.2, -0.15) is 0 Å². The summed E-state index contributed by atoms with van der Waals surface area (Å²) in [7, 11) is 1.55. The van der Waals surface area contributed by atoms with Gasteiger partial charge in [-0.1, -0.05) is 0 Å². The van der Waals surface area contributed by atoms with Gasteiger partial charge in [-0.15, -0.1) is 0 Å². The molecule has 4 rings (SSSR count). The van der Waals surface area contributed by atoms with Gasteiger partial charge in [0.2, 0.25) is 0 Å². The molecule has 0 aromatic carbocycles. The van der Waals surface area contributed by atoms with E-state index >= 15 is 0 Å². The largest absolute Gasteiger partial charge is 0.394 e. The average Bonchev–Trinajstić information content (AvgIpc) is 2.96. The number of aliphatic hydroxyl groups is 7. The van der Waals surface area contributed by atoms with Gasteiger partial charge in [0, 0.05) is 12.1 Å². The van der Waals surface area contributed by atoms with E-state index in [1.165, 1.54) is 0 Å². The first-order valence-corrected chi connectivity index (χ1v) is 14.1. The minimum atomic E-state index is -1.56. The Kier molecular flexibility index (Phi) is 11.9. The van der Waals surface area contributed by atoms with Crippen LogP contribution >= 0.6 is 0 Å². The number of likely N-dealkylation sites (N-methyl/N-ethyl adjacent to an activating group) is 1. The van der Waals surface area contributed by atoms with Gasteiger partial charge in [0.05, 0.1) is 50.2 Å². The molecule has 16 N–H and O–H groups in total. The van der Waals surface area contributed by atoms with E-state index in [4.69, 9.17) is 56.5 Å². The Labute approximate surface area is 242 Å². The van der Waals surface area contributed by atoms with Crippen LogP contribution in [-0.4, -0.2) is 173 Å². The van der Waals surface area contributed by atoms with Gasteiger partial charge in [0.1, 0.15) is 48.8 Å². The lowest BCUT2D eigenvalue weighted by atomic mass is 9.84. The molecule has 0 bridgehead atoms. The van der Waals surface area contributed by atoms with Crippen molar-refractivity contribution in [3.63, 3.8) is 0 Å². The Morgan fingerprint density at radius 3 is 2.14 bits per heavy atom. The number of aliphatic hydroxyl groups excluding tert-OH is 7. The van der Waals surface area contributed by atoms with E-state index in [0.717, 1.165) is 0 Å². The summed E-state index contributed by atoms with van der Waals surface area (Å²) in [5, 5.41) is 74.0. The van der Waals surface area contributed by atoms with Crippen molar-refractivity contribution in [1.29, 1.82) is 0 Å². The molecule has 0 amide bonds. The molecule has 246 valence electrons. The average molecular weight is 614 g/mol. The molecule has 0 aromatic heterocycles. The quantitative estimate of drug-likeness (QED) is 0.109. The van der Waals surface area contributed by atoms with E-state index in [-0.39, 0.29) is 19.4 Å². The molecule has 18 atom stereocenters. The number of hydrogen-bond acceptors (Lipinski definition) is 18. The second kappa shape index (κ2) is 14.6. The van der Waals surface area contributed by atoms with Crippen molar-refractivity contribution in [2.75, 3.05) is 26.9 Å². The van der Waals surface area contributed by atoms with Crippen LogP contribution in [0, 0.1) is 0 Å². The lowest BCUT2D eigenvalue weighted by molar-refractivity contribution is -0.373. The first-order chi connectivity index (χ1) is 19.9. The van der Waals surface area contributed by atoms with Crippen molar-refractivity contribution in [1.82, 2.24) is 5.32 Å². The molecule has 1 aliphatic carbocycles. The topological polar surface area (TPSA) is 313 Å². The second-order valence-electron chi connectivity index (χ2n) is 11.4. The molecule has 3 aliphatic heterocycles. The Balaban J connectivity index is 1.44. The zero-order valence-electron chi connectivity index (χ0n) is 23.3. The first kappa shape index (κ1) is 34.2. The molecule has 4 aliphatic rings. The summed E-state index contributed by atoms with van der Waals surface area (Å²) < 4.78 is 35.3. The normalized spacial score (nSPS) is 50.7. The molecule has 0 spiro atoms. The summed E-state index contributed by atoms with van der Waals surface area (Å²) in [6, 6.07) is -4.18. The third-order valence-electron chi connectivity index (χ3n) is 8.41. The van der Waals surface area contributed by atoms with Crippen molar-refractivity contribution in [2.45, 2.75) is 123 Å². The molecule has 18 nitrogen and oxygen atoms in total. The Morgan fingerprint density at radius 2 is 1.50 bits per heavy atom. The van der Waals surface area contributed by atoms with Crippen molar-refractivity contribution in [3.05, 3.63) is 0 Å². The summed E-state index contributed by atoms with van der Waals surface area (Å²) in [6.45, 7) is -1.38. The van der Waals surface area contributed by atoms with Gasteiger partial charge in [-0.25, -0.2) is 0 Å². The number of hydrogen-bond donors (Lipinski definition) is 12. The van der Waals surface area contributed by atoms with E-state index in [1.807, 2.05) is 0 Å². The molecule has 3 saturated heterocycles. The van der Waals surface area contributed by atoms with Crippen molar-refractivity contribution < 1.29 is 64.2 Å². The lowest BCUT2D eigenvalue weighted by Crippen LogP contribution is -2.70. The van der Waals surface area contributed by atoms with E-state index in [9.17, 15) is 30.6 Å². The monoisotopic (exact) mass is 613 g/mol. The van der Waals surface area contributed by atoms with Gasteiger partial charge in [0.15, 0.2) is 18.9 Å². The van der Waals surface area contributed by atoms with Crippen LogP contribution in [0.25, 0.3) is 0 Å². The number of nitrogens with two attached hydrogens (primary N) is 4. The van der Waals surface area contributed by atoms with Crippen LogP contribution in [0.1, 0.15) is 12.8 Å².